The van der Waals surface area contributed by atoms with E-state index in [1.165, 1.54) is 11.5 Å². The van der Waals surface area contributed by atoms with E-state index in [0.717, 1.165) is 28.1 Å². The third-order valence-electron chi connectivity index (χ3n) is 3.36. The maximum absolute atomic E-state index is 11.9. The molecule has 0 radical (unpaired) electrons. The molecule has 1 amide bonds. The van der Waals surface area contributed by atoms with Gasteiger partial charge in [0.15, 0.2) is 6.61 Å². The van der Waals surface area contributed by atoms with Crippen molar-refractivity contribution in [3.8, 4) is 5.75 Å². The third-order valence-corrected chi connectivity index (χ3v) is 4.12. The number of amides is 1. The fourth-order valence-corrected chi connectivity index (χ4v) is 2.94. The zero-order valence-corrected chi connectivity index (χ0v) is 14.5. The van der Waals surface area contributed by atoms with Crippen LogP contribution >= 0.6 is 11.5 Å². The normalized spacial score (nSPS) is 11.4. The lowest BCUT2D eigenvalue weighted by atomic mass is 10.1. The average Bonchev–Trinajstić information content (AvgIpc) is 2.83. The Morgan fingerprint density at radius 2 is 2.00 bits per heavy atom. The fourth-order valence-electron chi connectivity index (χ4n) is 2.23. The van der Waals surface area contributed by atoms with E-state index >= 15 is 0 Å². The molecule has 23 heavy (non-hydrogen) atoms. The van der Waals surface area contributed by atoms with Crippen molar-refractivity contribution in [2.75, 3.05) is 12.3 Å². The Kier molecular flexibility index (Phi) is 5.33. The van der Waals surface area contributed by atoms with Crippen molar-refractivity contribution in [1.82, 2.24) is 9.80 Å². The van der Waals surface area contributed by atoms with Gasteiger partial charge in [0.25, 0.3) is 5.91 Å². The summed E-state index contributed by atoms with van der Waals surface area (Å²) in [4.78, 5) is 11.9. The van der Waals surface area contributed by atoms with Crippen molar-refractivity contribution in [3.05, 3.63) is 40.6 Å². The Labute approximate surface area is 139 Å². The SMILES string of the molecule is C/C(=N/NC(=O)COc1c(C)cccc1C)c1c(C)nsc1N. The van der Waals surface area contributed by atoms with Crippen molar-refractivity contribution in [2.24, 2.45) is 5.10 Å². The number of hydrogen-bond donors (Lipinski definition) is 2. The third kappa shape index (κ3) is 4.07. The first-order valence-electron chi connectivity index (χ1n) is 7.14. The molecule has 0 aliphatic rings. The molecule has 7 heteroatoms. The largest absolute Gasteiger partial charge is 0.483 e. The molecule has 0 spiro atoms. The smallest absolute Gasteiger partial charge is 0.277 e. The van der Waals surface area contributed by atoms with E-state index in [2.05, 4.69) is 14.9 Å². The second kappa shape index (κ2) is 7.23. The van der Waals surface area contributed by atoms with Gasteiger partial charge in [-0.2, -0.15) is 9.47 Å². The first kappa shape index (κ1) is 17.0. The quantitative estimate of drug-likeness (QED) is 0.650. The monoisotopic (exact) mass is 332 g/mol. The second-order valence-corrected chi connectivity index (χ2v) is 6.05. The molecule has 2 rings (SSSR count). The van der Waals surface area contributed by atoms with E-state index in [-0.39, 0.29) is 12.5 Å². The van der Waals surface area contributed by atoms with Crippen LogP contribution in [0.2, 0.25) is 0 Å². The van der Waals surface area contributed by atoms with Gasteiger partial charge in [-0.1, -0.05) is 18.2 Å². The molecule has 0 aliphatic heterocycles. The number of rotatable bonds is 5. The molecule has 3 N–H and O–H groups in total. The summed E-state index contributed by atoms with van der Waals surface area (Å²) in [6.07, 6.45) is 0. The number of hydrogen-bond acceptors (Lipinski definition) is 6. The summed E-state index contributed by atoms with van der Waals surface area (Å²) in [5, 5.41) is 4.66. The van der Waals surface area contributed by atoms with Gasteiger partial charge < -0.3 is 10.5 Å². The van der Waals surface area contributed by atoms with Crippen LogP contribution in [0.5, 0.6) is 5.75 Å². The van der Waals surface area contributed by atoms with E-state index in [4.69, 9.17) is 10.5 Å². The lowest BCUT2D eigenvalue weighted by Crippen LogP contribution is -2.26. The number of nitrogen functional groups attached to an aromatic ring is 1. The van der Waals surface area contributed by atoms with Gasteiger partial charge in [-0.15, -0.1) is 0 Å². The number of nitrogens with one attached hydrogen (secondary N) is 1. The lowest BCUT2D eigenvalue weighted by molar-refractivity contribution is -0.123. The molecule has 0 unspecified atom stereocenters. The van der Waals surface area contributed by atoms with Crippen molar-refractivity contribution in [1.29, 1.82) is 0 Å². The van der Waals surface area contributed by atoms with Crippen molar-refractivity contribution >= 4 is 28.2 Å². The summed E-state index contributed by atoms with van der Waals surface area (Å²) in [5.41, 5.74) is 12.5. The van der Waals surface area contributed by atoms with Crippen LogP contribution in [0.3, 0.4) is 0 Å². The first-order valence-corrected chi connectivity index (χ1v) is 7.91. The number of nitrogens with two attached hydrogens (primary N) is 1. The van der Waals surface area contributed by atoms with Gasteiger partial charge in [-0.3, -0.25) is 4.79 Å². The first-order chi connectivity index (χ1) is 10.9. The highest BCUT2D eigenvalue weighted by atomic mass is 32.1. The van der Waals surface area contributed by atoms with E-state index in [9.17, 15) is 4.79 Å². The molecular weight excluding hydrogens is 312 g/mol. The minimum atomic E-state index is -0.327. The number of hydrazone groups is 1. The number of para-hydroxylation sites is 1. The zero-order valence-electron chi connectivity index (χ0n) is 13.6. The number of aromatic nitrogens is 1. The molecule has 0 saturated carbocycles. The van der Waals surface area contributed by atoms with E-state index in [1.807, 2.05) is 39.0 Å². The molecule has 1 aromatic heterocycles. The summed E-state index contributed by atoms with van der Waals surface area (Å²) in [6, 6.07) is 5.84. The van der Waals surface area contributed by atoms with E-state index < -0.39 is 0 Å². The molecule has 0 bridgehead atoms. The van der Waals surface area contributed by atoms with Crippen LogP contribution in [-0.2, 0) is 4.79 Å². The molecule has 0 saturated heterocycles. The molecule has 0 fully saturated rings. The molecule has 0 atom stereocenters. The molecule has 1 aromatic carbocycles. The Hall–Kier alpha value is -2.41. The summed E-state index contributed by atoms with van der Waals surface area (Å²) in [5.74, 6) is 0.400. The standard InChI is InChI=1S/C16H20N4O2S/c1-9-6-5-7-10(2)15(9)22-8-13(21)19-18-11(3)14-12(4)20-23-16(14)17/h5-7H,8,17H2,1-4H3,(H,19,21)/b18-11-. The molecule has 6 nitrogen and oxygen atoms in total. The van der Waals surface area contributed by atoms with Crippen LogP contribution in [0, 0.1) is 20.8 Å². The molecule has 1 heterocycles. The van der Waals surface area contributed by atoms with Gasteiger partial charge in [0.05, 0.1) is 17.0 Å². The zero-order chi connectivity index (χ0) is 17.0. The number of nitrogens with zero attached hydrogens (tertiary/aromatic N) is 2. The van der Waals surface area contributed by atoms with Crippen LogP contribution < -0.4 is 15.9 Å². The van der Waals surface area contributed by atoms with Crippen LogP contribution in [0.15, 0.2) is 23.3 Å². The minimum absolute atomic E-state index is 0.0984. The maximum atomic E-state index is 11.9. The van der Waals surface area contributed by atoms with Crippen molar-refractivity contribution in [2.45, 2.75) is 27.7 Å². The molecule has 2 aromatic rings. The van der Waals surface area contributed by atoms with Crippen LogP contribution in [0.1, 0.15) is 29.3 Å². The summed E-state index contributed by atoms with van der Waals surface area (Å²) in [7, 11) is 0. The molecule has 122 valence electrons. The Bertz CT molecular complexity index is 713. The van der Waals surface area contributed by atoms with Crippen LogP contribution in [0.4, 0.5) is 5.00 Å². The Balaban J connectivity index is 1.97. The lowest BCUT2D eigenvalue weighted by Gasteiger charge is -2.11. The Morgan fingerprint density at radius 1 is 1.35 bits per heavy atom. The van der Waals surface area contributed by atoms with Gasteiger partial charge >= 0.3 is 0 Å². The minimum Gasteiger partial charge on any atom is -0.483 e. The number of ether oxygens (including phenoxy) is 1. The predicted molar refractivity (Wildman–Crippen MR) is 93.0 cm³/mol. The predicted octanol–water partition coefficient (Wildman–Crippen LogP) is 2.57. The highest BCUT2D eigenvalue weighted by Gasteiger charge is 2.12. The van der Waals surface area contributed by atoms with E-state index in [0.29, 0.717) is 10.7 Å². The number of carbonyl (C=O) groups excluding carboxylic acids is 1. The summed E-state index contributed by atoms with van der Waals surface area (Å²) < 4.78 is 9.74. The number of benzene rings is 1. The number of anilines is 1. The topological polar surface area (TPSA) is 89.6 Å². The van der Waals surface area contributed by atoms with Crippen molar-refractivity contribution in [3.63, 3.8) is 0 Å². The van der Waals surface area contributed by atoms with E-state index in [1.54, 1.807) is 6.92 Å². The second-order valence-electron chi connectivity index (χ2n) is 5.25. The van der Waals surface area contributed by atoms with Crippen LogP contribution in [-0.4, -0.2) is 22.6 Å². The maximum Gasteiger partial charge on any atom is 0.277 e. The molecule has 0 aliphatic carbocycles. The highest BCUT2D eigenvalue weighted by molar-refractivity contribution is 7.10. The number of aryl methyl sites for hydroxylation is 3. The summed E-state index contributed by atoms with van der Waals surface area (Å²) in [6.45, 7) is 7.42. The van der Waals surface area contributed by atoms with Gasteiger partial charge in [0.2, 0.25) is 0 Å². The van der Waals surface area contributed by atoms with Gasteiger partial charge in [0.1, 0.15) is 10.8 Å². The fraction of sp³-hybridized carbons (Fsp3) is 0.312. The molecular formula is C16H20N4O2S. The van der Waals surface area contributed by atoms with Crippen molar-refractivity contribution < 1.29 is 9.53 Å². The van der Waals surface area contributed by atoms with Gasteiger partial charge in [-0.05, 0) is 50.4 Å². The average molecular weight is 332 g/mol. The number of carbonyl (C=O) groups is 1. The van der Waals surface area contributed by atoms with Crippen LogP contribution in [0.25, 0.3) is 0 Å². The Morgan fingerprint density at radius 3 is 2.57 bits per heavy atom. The van der Waals surface area contributed by atoms with Gasteiger partial charge in [-0.25, -0.2) is 5.43 Å². The van der Waals surface area contributed by atoms with Gasteiger partial charge in [0, 0.05) is 0 Å². The highest BCUT2D eigenvalue weighted by Crippen LogP contribution is 2.22. The summed E-state index contributed by atoms with van der Waals surface area (Å²) >= 11 is 1.21.